The van der Waals surface area contributed by atoms with Gasteiger partial charge in [0.2, 0.25) is 5.91 Å². The van der Waals surface area contributed by atoms with Crippen LogP contribution in [0.15, 0.2) is 0 Å². The van der Waals surface area contributed by atoms with Crippen molar-refractivity contribution in [3.8, 4) is 0 Å². The molecule has 0 aromatic heterocycles. The molecule has 2 atom stereocenters. The molecule has 0 unspecified atom stereocenters. The van der Waals surface area contributed by atoms with Crippen LogP contribution in [0.5, 0.6) is 0 Å². The smallest absolute Gasteiger partial charge is 0.230 e. The summed E-state index contributed by atoms with van der Waals surface area (Å²) in [6.07, 6.45) is 6.21. The Morgan fingerprint density at radius 3 is 2.83 bits per heavy atom. The monoisotopic (exact) mass is 252 g/mol. The Bertz CT molecular complexity index is 330. The van der Waals surface area contributed by atoms with Gasteiger partial charge in [-0.3, -0.25) is 4.79 Å². The molecule has 2 saturated heterocycles. The van der Waals surface area contributed by atoms with Crippen LogP contribution in [0.2, 0.25) is 0 Å². The van der Waals surface area contributed by atoms with Gasteiger partial charge in [-0.25, -0.2) is 0 Å². The van der Waals surface area contributed by atoms with Crippen molar-refractivity contribution in [1.29, 1.82) is 0 Å². The number of amides is 1. The second kappa shape index (κ2) is 4.82. The van der Waals surface area contributed by atoms with Gasteiger partial charge in [-0.1, -0.05) is 6.42 Å². The highest BCUT2D eigenvalue weighted by molar-refractivity contribution is 5.84. The second-order valence-corrected chi connectivity index (χ2v) is 6.35. The molecule has 3 aliphatic rings. The van der Waals surface area contributed by atoms with Crippen LogP contribution in [-0.4, -0.2) is 48.2 Å². The number of carbonyl (C=O) groups excluding carboxylic acids is 1. The maximum absolute atomic E-state index is 12.2. The van der Waals surface area contributed by atoms with Crippen molar-refractivity contribution in [2.45, 2.75) is 44.6 Å². The summed E-state index contributed by atoms with van der Waals surface area (Å²) in [6.45, 7) is 3.61. The zero-order valence-corrected chi connectivity index (χ0v) is 11.0. The molecule has 1 amide bonds. The SMILES string of the molecule is O=C1NCCC[C@]12CN(CC1CCC1)CC[C@H]2O. The van der Waals surface area contributed by atoms with E-state index in [1.54, 1.807) is 0 Å². The van der Waals surface area contributed by atoms with Crippen LogP contribution >= 0.6 is 0 Å². The normalized spacial score (nSPS) is 38.5. The predicted molar refractivity (Wildman–Crippen MR) is 69.1 cm³/mol. The maximum Gasteiger partial charge on any atom is 0.230 e. The highest BCUT2D eigenvalue weighted by Gasteiger charge is 2.49. The zero-order valence-electron chi connectivity index (χ0n) is 11.0. The topological polar surface area (TPSA) is 52.6 Å². The van der Waals surface area contributed by atoms with Crippen molar-refractivity contribution in [3.63, 3.8) is 0 Å². The van der Waals surface area contributed by atoms with Gasteiger partial charge < -0.3 is 15.3 Å². The summed E-state index contributed by atoms with van der Waals surface area (Å²) in [4.78, 5) is 14.6. The average Bonchev–Trinajstić information content (AvgIpc) is 2.32. The van der Waals surface area contributed by atoms with Gasteiger partial charge in [0.05, 0.1) is 11.5 Å². The maximum atomic E-state index is 12.2. The first kappa shape index (κ1) is 12.4. The molecule has 0 radical (unpaired) electrons. The fourth-order valence-electron chi connectivity index (χ4n) is 3.73. The Labute approximate surface area is 109 Å². The zero-order chi connectivity index (χ0) is 12.6. The van der Waals surface area contributed by atoms with Crippen LogP contribution in [0.3, 0.4) is 0 Å². The first-order chi connectivity index (χ1) is 8.71. The molecule has 0 aromatic carbocycles. The molecular formula is C14H24N2O2. The van der Waals surface area contributed by atoms with Gasteiger partial charge in [-0.15, -0.1) is 0 Å². The van der Waals surface area contributed by atoms with E-state index < -0.39 is 11.5 Å². The summed E-state index contributed by atoms with van der Waals surface area (Å²) in [5.74, 6) is 0.920. The molecule has 1 saturated carbocycles. The Balaban J connectivity index is 1.68. The van der Waals surface area contributed by atoms with Crippen molar-refractivity contribution in [2.75, 3.05) is 26.2 Å². The Morgan fingerprint density at radius 1 is 1.33 bits per heavy atom. The molecule has 2 heterocycles. The molecule has 0 aromatic rings. The lowest BCUT2D eigenvalue weighted by molar-refractivity contribution is -0.149. The van der Waals surface area contributed by atoms with Crippen molar-refractivity contribution in [3.05, 3.63) is 0 Å². The standard InChI is InChI=1S/C14H24N2O2/c17-12-5-8-16(9-11-3-1-4-11)10-14(12)6-2-7-15-13(14)18/h11-12,17H,1-10H2,(H,15,18)/t12-,14-/m1/s1. The van der Waals surface area contributed by atoms with Crippen molar-refractivity contribution in [1.82, 2.24) is 10.2 Å². The number of piperidine rings is 2. The average molecular weight is 252 g/mol. The molecule has 18 heavy (non-hydrogen) atoms. The number of carbonyl (C=O) groups is 1. The van der Waals surface area contributed by atoms with Crippen LogP contribution in [0.4, 0.5) is 0 Å². The number of aliphatic hydroxyl groups is 1. The minimum absolute atomic E-state index is 0.0829. The highest BCUT2D eigenvalue weighted by Crippen LogP contribution is 2.38. The molecule has 102 valence electrons. The molecule has 2 N–H and O–H groups in total. The predicted octanol–water partition coefficient (Wildman–Crippen LogP) is 0.749. The van der Waals surface area contributed by atoms with Crippen LogP contribution in [-0.2, 0) is 4.79 Å². The van der Waals surface area contributed by atoms with Gasteiger partial charge in [-0.2, -0.15) is 0 Å². The summed E-state index contributed by atoms with van der Waals surface area (Å²) in [6, 6.07) is 0. The van der Waals surface area contributed by atoms with Crippen molar-refractivity contribution < 1.29 is 9.90 Å². The molecule has 2 aliphatic heterocycles. The van der Waals surface area contributed by atoms with Gasteiger partial charge in [0.1, 0.15) is 0 Å². The summed E-state index contributed by atoms with van der Waals surface area (Å²) < 4.78 is 0. The lowest BCUT2D eigenvalue weighted by Crippen LogP contribution is -2.61. The lowest BCUT2D eigenvalue weighted by atomic mass is 9.71. The first-order valence-corrected chi connectivity index (χ1v) is 7.39. The van der Waals surface area contributed by atoms with Crippen molar-refractivity contribution in [2.24, 2.45) is 11.3 Å². The van der Waals surface area contributed by atoms with E-state index >= 15 is 0 Å². The third kappa shape index (κ3) is 2.05. The molecule has 1 aliphatic carbocycles. The summed E-state index contributed by atoms with van der Waals surface area (Å²) >= 11 is 0. The van der Waals surface area contributed by atoms with Crippen LogP contribution in [0.25, 0.3) is 0 Å². The van der Waals surface area contributed by atoms with Gasteiger partial charge in [-0.05, 0) is 38.0 Å². The first-order valence-electron chi connectivity index (χ1n) is 7.39. The van der Waals surface area contributed by atoms with E-state index in [4.69, 9.17) is 0 Å². The van der Waals surface area contributed by atoms with Gasteiger partial charge in [0.15, 0.2) is 0 Å². The lowest BCUT2D eigenvalue weighted by Gasteiger charge is -2.48. The number of aliphatic hydroxyl groups excluding tert-OH is 1. The Kier molecular flexibility index (Phi) is 3.32. The van der Waals surface area contributed by atoms with E-state index in [1.807, 2.05) is 0 Å². The molecular weight excluding hydrogens is 228 g/mol. The number of nitrogens with zero attached hydrogens (tertiary/aromatic N) is 1. The molecule has 3 fully saturated rings. The van der Waals surface area contributed by atoms with E-state index in [1.165, 1.54) is 19.3 Å². The quantitative estimate of drug-likeness (QED) is 0.762. The molecule has 4 nitrogen and oxygen atoms in total. The molecule has 4 heteroatoms. The summed E-state index contributed by atoms with van der Waals surface area (Å²) in [5.41, 5.74) is -0.514. The van der Waals surface area contributed by atoms with E-state index in [2.05, 4.69) is 10.2 Å². The Hall–Kier alpha value is -0.610. The fourth-order valence-corrected chi connectivity index (χ4v) is 3.73. The van der Waals surface area contributed by atoms with E-state index in [0.717, 1.165) is 51.4 Å². The van der Waals surface area contributed by atoms with Crippen LogP contribution in [0.1, 0.15) is 38.5 Å². The fraction of sp³-hybridized carbons (Fsp3) is 0.929. The van der Waals surface area contributed by atoms with Crippen molar-refractivity contribution >= 4 is 5.91 Å². The number of nitrogens with one attached hydrogen (secondary N) is 1. The molecule has 3 rings (SSSR count). The number of likely N-dealkylation sites (tertiary alicyclic amines) is 1. The van der Waals surface area contributed by atoms with Crippen LogP contribution in [0, 0.1) is 11.3 Å². The van der Waals surface area contributed by atoms with Gasteiger partial charge in [0, 0.05) is 26.2 Å². The highest BCUT2D eigenvalue weighted by atomic mass is 16.3. The third-order valence-corrected chi connectivity index (χ3v) is 5.14. The Morgan fingerprint density at radius 2 is 2.17 bits per heavy atom. The minimum atomic E-state index is -0.514. The largest absolute Gasteiger partial charge is 0.392 e. The molecule has 0 bridgehead atoms. The number of hydrogen-bond donors (Lipinski definition) is 2. The molecule has 1 spiro atoms. The van der Waals surface area contributed by atoms with E-state index in [0.29, 0.717) is 0 Å². The van der Waals surface area contributed by atoms with E-state index in [-0.39, 0.29) is 5.91 Å². The number of rotatable bonds is 2. The van der Waals surface area contributed by atoms with E-state index in [9.17, 15) is 9.90 Å². The van der Waals surface area contributed by atoms with Gasteiger partial charge >= 0.3 is 0 Å². The second-order valence-electron chi connectivity index (χ2n) is 6.35. The third-order valence-electron chi connectivity index (χ3n) is 5.14. The van der Waals surface area contributed by atoms with Crippen LogP contribution < -0.4 is 5.32 Å². The number of hydrogen-bond acceptors (Lipinski definition) is 3. The summed E-state index contributed by atoms with van der Waals surface area (Å²) in [7, 11) is 0. The van der Waals surface area contributed by atoms with Gasteiger partial charge in [0.25, 0.3) is 0 Å². The minimum Gasteiger partial charge on any atom is -0.392 e. The summed E-state index contributed by atoms with van der Waals surface area (Å²) in [5, 5.41) is 13.2.